The average molecular weight is 159 g/mol. The highest BCUT2D eigenvalue weighted by Gasteiger charge is 2.08. The Labute approximate surface area is 70.2 Å². The Bertz CT molecular complexity index is 99.7. The predicted molar refractivity (Wildman–Crippen MR) is 49.5 cm³/mol. The van der Waals surface area contributed by atoms with Crippen LogP contribution in [0.15, 0.2) is 0 Å². The minimum absolute atomic E-state index is 0.0868. The summed E-state index contributed by atoms with van der Waals surface area (Å²) in [5.41, 5.74) is 5.47. The van der Waals surface area contributed by atoms with Crippen LogP contribution < -0.4 is 5.73 Å². The highest BCUT2D eigenvalue weighted by molar-refractivity contribution is 5.81. The molecule has 0 saturated heterocycles. The molecule has 0 rings (SSSR count). The molecule has 11 heavy (non-hydrogen) atoms. The Morgan fingerprint density at radius 2 is 1.73 bits per heavy atom. The zero-order valence-corrected chi connectivity index (χ0v) is 8.35. The first kappa shape index (κ1) is 13.2. The van der Waals surface area contributed by atoms with Gasteiger partial charge in [0.2, 0.25) is 0 Å². The number of carbonyl (C=O) groups is 1. The van der Waals surface area contributed by atoms with Gasteiger partial charge in [-0.25, -0.2) is 0 Å². The summed E-state index contributed by atoms with van der Waals surface area (Å²) < 4.78 is 0. The molecule has 0 aliphatic carbocycles. The molecule has 2 nitrogen and oxygen atoms in total. The molecule has 1 atom stereocenters. The van der Waals surface area contributed by atoms with Crippen molar-refractivity contribution in [2.45, 2.75) is 47.1 Å². The van der Waals surface area contributed by atoms with E-state index in [4.69, 9.17) is 5.73 Å². The first-order valence-corrected chi connectivity index (χ1v) is 4.30. The van der Waals surface area contributed by atoms with Gasteiger partial charge in [0.15, 0.2) is 0 Å². The number of Topliss-reactive ketones (excluding diaryl/α,β-unsaturated/α-hetero) is 1. The molecule has 2 N–H and O–H groups in total. The molecule has 0 bridgehead atoms. The van der Waals surface area contributed by atoms with Crippen LogP contribution in [-0.2, 0) is 4.79 Å². The highest BCUT2D eigenvalue weighted by atomic mass is 16.1. The van der Waals surface area contributed by atoms with Gasteiger partial charge >= 0.3 is 0 Å². The van der Waals surface area contributed by atoms with Crippen molar-refractivity contribution in [1.29, 1.82) is 0 Å². The lowest BCUT2D eigenvalue weighted by Crippen LogP contribution is -2.29. The number of carbonyl (C=O) groups excluding carboxylic acids is 1. The smallest absolute Gasteiger partial charge is 0.146 e. The van der Waals surface area contributed by atoms with E-state index in [1.54, 1.807) is 0 Å². The van der Waals surface area contributed by atoms with Gasteiger partial charge in [-0.05, 0) is 19.3 Å². The minimum Gasteiger partial charge on any atom is -0.322 e. The molecule has 68 valence electrons. The van der Waals surface area contributed by atoms with E-state index in [-0.39, 0.29) is 11.8 Å². The van der Waals surface area contributed by atoms with E-state index in [9.17, 15) is 4.79 Å². The van der Waals surface area contributed by atoms with Crippen molar-refractivity contribution in [1.82, 2.24) is 0 Å². The summed E-state index contributed by atoms with van der Waals surface area (Å²) >= 11 is 0. The fourth-order valence-electron chi connectivity index (χ4n) is 0.674. The lowest BCUT2D eigenvalue weighted by molar-refractivity contribution is -0.118. The van der Waals surface area contributed by atoms with E-state index in [2.05, 4.69) is 13.8 Å². The molecule has 0 amide bonds. The van der Waals surface area contributed by atoms with Crippen LogP contribution in [0.2, 0.25) is 0 Å². The van der Waals surface area contributed by atoms with E-state index in [1.165, 1.54) is 6.92 Å². The monoisotopic (exact) mass is 159 g/mol. The number of hydrogen-bond acceptors (Lipinski definition) is 2. The molecule has 0 aromatic carbocycles. The lowest BCUT2D eigenvalue weighted by Gasteiger charge is -2.08. The third kappa shape index (κ3) is 9.63. The summed E-state index contributed by atoms with van der Waals surface area (Å²) in [6, 6.07) is -0.245. The van der Waals surface area contributed by atoms with Crippen LogP contribution in [-0.4, -0.2) is 11.8 Å². The Morgan fingerprint density at radius 3 is 1.82 bits per heavy atom. The SMILES string of the molecule is CC.CC(=O)[C@@H](N)CC(C)C. The molecule has 0 aromatic heterocycles. The van der Waals surface area contributed by atoms with Crippen molar-refractivity contribution in [3.63, 3.8) is 0 Å². The molecule has 0 aliphatic heterocycles. The van der Waals surface area contributed by atoms with Gasteiger partial charge in [0, 0.05) is 0 Å². The number of ketones is 1. The summed E-state index contributed by atoms with van der Waals surface area (Å²) in [5, 5.41) is 0. The third-order valence-corrected chi connectivity index (χ3v) is 1.25. The van der Waals surface area contributed by atoms with Crippen LogP contribution in [0.25, 0.3) is 0 Å². The van der Waals surface area contributed by atoms with Crippen LogP contribution in [0.1, 0.15) is 41.0 Å². The van der Waals surface area contributed by atoms with Crippen LogP contribution in [0, 0.1) is 5.92 Å². The summed E-state index contributed by atoms with van der Waals surface area (Å²) in [5.74, 6) is 0.604. The summed E-state index contributed by atoms with van der Waals surface area (Å²) in [6.45, 7) is 9.65. The summed E-state index contributed by atoms with van der Waals surface area (Å²) in [7, 11) is 0. The first-order valence-electron chi connectivity index (χ1n) is 4.30. The lowest BCUT2D eigenvalue weighted by atomic mass is 10.0. The normalized spacial score (nSPS) is 11.9. The van der Waals surface area contributed by atoms with Gasteiger partial charge in [-0.1, -0.05) is 27.7 Å². The van der Waals surface area contributed by atoms with Gasteiger partial charge in [0.05, 0.1) is 6.04 Å². The topological polar surface area (TPSA) is 43.1 Å². The van der Waals surface area contributed by atoms with Crippen molar-refractivity contribution in [3.05, 3.63) is 0 Å². The largest absolute Gasteiger partial charge is 0.322 e. The maximum absolute atomic E-state index is 10.6. The first-order chi connectivity index (χ1) is 5.04. The molecule has 0 radical (unpaired) electrons. The van der Waals surface area contributed by atoms with Gasteiger partial charge in [-0.3, -0.25) is 4.79 Å². The Balaban J connectivity index is 0. The van der Waals surface area contributed by atoms with Gasteiger partial charge < -0.3 is 5.73 Å². The van der Waals surface area contributed by atoms with Gasteiger partial charge in [-0.15, -0.1) is 0 Å². The van der Waals surface area contributed by atoms with Gasteiger partial charge in [-0.2, -0.15) is 0 Å². The van der Waals surface area contributed by atoms with Crippen molar-refractivity contribution in [2.24, 2.45) is 11.7 Å². The second-order valence-electron chi connectivity index (χ2n) is 2.85. The fourth-order valence-corrected chi connectivity index (χ4v) is 0.674. The van der Waals surface area contributed by atoms with Crippen LogP contribution >= 0.6 is 0 Å². The summed E-state index contributed by atoms with van der Waals surface area (Å²) in [4.78, 5) is 10.6. The van der Waals surface area contributed by atoms with Gasteiger partial charge in [0.25, 0.3) is 0 Å². The molecule has 0 aliphatic rings. The Morgan fingerprint density at radius 1 is 1.36 bits per heavy atom. The van der Waals surface area contributed by atoms with Crippen molar-refractivity contribution < 1.29 is 4.79 Å². The Hall–Kier alpha value is -0.370. The molecule has 0 aromatic rings. The zero-order chi connectivity index (χ0) is 9.44. The van der Waals surface area contributed by atoms with Crippen molar-refractivity contribution in [3.8, 4) is 0 Å². The minimum atomic E-state index is -0.245. The quantitative estimate of drug-likeness (QED) is 0.684. The molecular formula is C9H21NO. The predicted octanol–water partition coefficient (Wildman–Crippen LogP) is 1.98. The standard InChI is InChI=1S/C7H15NO.C2H6/c1-5(2)4-7(8)6(3)9;1-2/h5,7H,4,8H2,1-3H3;1-2H3/t7-;/m0./s1. The van der Waals surface area contributed by atoms with Gasteiger partial charge in [0.1, 0.15) is 5.78 Å². The van der Waals surface area contributed by atoms with E-state index in [1.807, 2.05) is 13.8 Å². The van der Waals surface area contributed by atoms with Crippen molar-refractivity contribution >= 4 is 5.78 Å². The molecule has 0 unspecified atom stereocenters. The maximum atomic E-state index is 10.6. The van der Waals surface area contributed by atoms with E-state index in [0.717, 1.165) is 6.42 Å². The maximum Gasteiger partial charge on any atom is 0.146 e. The highest BCUT2D eigenvalue weighted by Crippen LogP contribution is 2.02. The third-order valence-electron chi connectivity index (χ3n) is 1.25. The number of hydrogen-bond donors (Lipinski definition) is 1. The molecule has 0 spiro atoms. The summed E-state index contributed by atoms with van der Waals surface area (Å²) in [6.07, 6.45) is 0.801. The molecule has 0 saturated carbocycles. The zero-order valence-electron chi connectivity index (χ0n) is 8.35. The Kier molecular flexibility index (Phi) is 9.31. The van der Waals surface area contributed by atoms with Crippen LogP contribution in [0.5, 0.6) is 0 Å². The molecule has 2 heteroatoms. The number of rotatable bonds is 3. The van der Waals surface area contributed by atoms with Crippen LogP contribution in [0.3, 0.4) is 0 Å². The van der Waals surface area contributed by atoms with E-state index >= 15 is 0 Å². The molecule has 0 heterocycles. The van der Waals surface area contributed by atoms with Crippen molar-refractivity contribution in [2.75, 3.05) is 0 Å². The average Bonchev–Trinajstić information content (AvgIpc) is 1.90. The molecule has 0 fully saturated rings. The molecular weight excluding hydrogens is 138 g/mol. The second-order valence-corrected chi connectivity index (χ2v) is 2.85. The van der Waals surface area contributed by atoms with E-state index in [0.29, 0.717) is 5.92 Å². The number of nitrogens with two attached hydrogens (primary N) is 1. The second kappa shape index (κ2) is 7.73. The van der Waals surface area contributed by atoms with E-state index < -0.39 is 0 Å². The van der Waals surface area contributed by atoms with Crippen LogP contribution in [0.4, 0.5) is 0 Å². The fraction of sp³-hybridized carbons (Fsp3) is 0.889.